The lowest BCUT2D eigenvalue weighted by Gasteiger charge is -2.15. The van der Waals surface area contributed by atoms with Crippen molar-refractivity contribution >= 4 is 28.9 Å². The van der Waals surface area contributed by atoms with Gasteiger partial charge in [0, 0.05) is 12.1 Å². The van der Waals surface area contributed by atoms with E-state index in [9.17, 15) is 9.90 Å². The number of carboxylic acid groups (broad SMARTS) is 1. The molecule has 0 fully saturated rings. The van der Waals surface area contributed by atoms with Crippen LogP contribution >= 0.6 is 11.6 Å². The number of para-hydroxylation sites is 1. The molecule has 0 aliphatic rings. The second-order valence-corrected chi connectivity index (χ2v) is 4.57. The third-order valence-electron chi connectivity index (χ3n) is 2.88. The van der Waals surface area contributed by atoms with Crippen molar-refractivity contribution in [1.82, 2.24) is 0 Å². The Morgan fingerprint density at radius 2 is 1.86 bits per heavy atom. The maximum Gasteiger partial charge on any atom is 0.337 e. The van der Waals surface area contributed by atoms with Gasteiger partial charge in [-0.1, -0.05) is 23.7 Å². The van der Waals surface area contributed by atoms with Gasteiger partial charge in [0.15, 0.2) is 5.75 Å². The number of carbonyl (C=O) groups is 1. The summed E-state index contributed by atoms with van der Waals surface area (Å²) in [6, 6.07) is 9.88. The van der Waals surface area contributed by atoms with E-state index in [1.807, 2.05) is 0 Å². The molecule has 2 rings (SSSR count). The Kier molecular flexibility index (Phi) is 4.55. The number of hydrogen-bond donors (Lipinski definition) is 2. The van der Waals surface area contributed by atoms with Gasteiger partial charge in [-0.15, -0.1) is 0 Å². The minimum Gasteiger partial charge on any atom is -0.497 e. The number of ether oxygens (including phenoxy) is 2. The van der Waals surface area contributed by atoms with Gasteiger partial charge < -0.3 is 19.9 Å². The number of nitrogens with one attached hydrogen (secondary N) is 1. The Morgan fingerprint density at radius 3 is 2.48 bits per heavy atom. The average molecular weight is 308 g/mol. The molecule has 6 heteroatoms. The van der Waals surface area contributed by atoms with E-state index in [2.05, 4.69) is 5.32 Å². The maximum absolute atomic E-state index is 11.2. The van der Waals surface area contributed by atoms with Gasteiger partial charge in [-0.2, -0.15) is 0 Å². The topological polar surface area (TPSA) is 67.8 Å². The maximum atomic E-state index is 11.2. The van der Waals surface area contributed by atoms with E-state index < -0.39 is 5.97 Å². The molecule has 0 aliphatic heterocycles. The van der Waals surface area contributed by atoms with Crippen molar-refractivity contribution in [3.63, 3.8) is 0 Å². The highest BCUT2D eigenvalue weighted by molar-refractivity contribution is 6.32. The zero-order chi connectivity index (χ0) is 15.4. The molecule has 5 nitrogen and oxygen atoms in total. The molecule has 0 unspecified atom stereocenters. The average Bonchev–Trinajstić information content (AvgIpc) is 2.47. The molecule has 21 heavy (non-hydrogen) atoms. The molecule has 2 N–H and O–H groups in total. The molecule has 0 aromatic heterocycles. The lowest BCUT2D eigenvalue weighted by molar-refractivity contribution is 0.0698. The van der Waals surface area contributed by atoms with Crippen LogP contribution in [-0.4, -0.2) is 25.3 Å². The van der Waals surface area contributed by atoms with Crippen molar-refractivity contribution in [2.24, 2.45) is 0 Å². The van der Waals surface area contributed by atoms with Crippen LogP contribution in [0.4, 0.5) is 11.4 Å². The number of halogens is 1. The molecule has 0 spiro atoms. The first-order chi connectivity index (χ1) is 10.1. The van der Waals surface area contributed by atoms with Gasteiger partial charge in [-0.25, -0.2) is 4.79 Å². The van der Waals surface area contributed by atoms with Crippen LogP contribution in [0.15, 0.2) is 36.4 Å². The summed E-state index contributed by atoms with van der Waals surface area (Å²) in [5.41, 5.74) is 1.11. The van der Waals surface area contributed by atoms with Crippen LogP contribution in [0.3, 0.4) is 0 Å². The lowest BCUT2D eigenvalue weighted by atomic mass is 10.1. The molecular formula is C15H14ClNO4. The van der Waals surface area contributed by atoms with Crippen LogP contribution in [0, 0.1) is 0 Å². The first-order valence-corrected chi connectivity index (χ1v) is 6.45. The SMILES string of the molecule is COc1cc(Cl)c(OC)c(Nc2ccccc2C(=O)O)c1. The van der Waals surface area contributed by atoms with E-state index in [4.69, 9.17) is 21.1 Å². The summed E-state index contributed by atoms with van der Waals surface area (Å²) in [5, 5.41) is 12.6. The van der Waals surface area contributed by atoms with E-state index >= 15 is 0 Å². The Bertz CT molecular complexity index is 673. The smallest absolute Gasteiger partial charge is 0.337 e. The molecule has 0 bridgehead atoms. The number of carboxylic acids is 1. The lowest BCUT2D eigenvalue weighted by Crippen LogP contribution is -2.03. The fraction of sp³-hybridized carbons (Fsp3) is 0.133. The van der Waals surface area contributed by atoms with Crippen molar-refractivity contribution in [2.75, 3.05) is 19.5 Å². The summed E-state index contributed by atoms with van der Waals surface area (Å²) in [5.74, 6) is -0.0696. The highest BCUT2D eigenvalue weighted by atomic mass is 35.5. The number of methoxy groups -OCH3 is 2. The predicted molar refractivity (Wildman–Crippen MR) is 81.2 cm³/mol. The standard InChI is InChI=1S/C15H14ClNO4/c1-20-9-7-11(16)14(21-2)13(8-9)17-12-6-4-3-5-10(12)15(18)19/h3-8,17H,1-2H3,(H,18,19). The van der Waals surface area contributed by atoms with Crippen molar-refractivity contribution in [1.29, 1.82) is 0 Å². The highest BCUT2D eigenvalue weighted by Gasteiger charge is 2.14. The minimum atomic E-state index is -1.02. The molecule has 2 aromatic carbocycles. The molecule has 0 saturated heterocycles. The summed E-state index contributed by atoms with van der Waals surface area (Å²) in [4.78, 5) is 11.2. The summed E-state index contributed by atoms with van der Waals surface area (Å²) in [6.07, 6.45) is 0. The van der Waals surface area contributed by atoms with Crippen LogP contribution in [0.25, 0.3) is 0 Å². The minimum absolute atomic E-state index is 0.151. The van der Waals surface area contributed by atoms with Crippen LogP contribution in [0.2, 0.25) is 5.02 Å². The van der Waals surface area contributed by atoms with Crippen molar-refractivity contribution in [2.45, 2.75) is 0 Å². The largest absolute Gasteiger partial charge is 0.497 e. The fourth-order valence-electron chi connectivity index (χ4n) is 1.91. The molecule has 2 aromatic rings. The molecule has 0 heterocycles. The summed E-state index contributed by atoms with van der Waals surface area (Å²) >= 11 is 6.12. The summed E-state index contributed by atoms with van der Waals surface area (Å²) in [7, 11) is 3.01. The van der Waals surface area contributed by atoms with Crippen LogP contribution in [0.1, 0.15) is 10.4 Å². The molecule has 0 radical (unpaired) electrons. The monoisotopic (exact) mass is 307 g/mol. The van der Waals surface area contributed by atoms with Crippen LogP contribution < -0.4 is 14.8 Å². The molecular weight excluding hydrogens is 294 g/mol. The highest BCUT2D eigenvalue weighted by Crippen LogP contribution is 2.39. The van der Waals surface area contributed by atoms with E-state index in [1.165, 1.54) is 20.3 Å². The Hall–Kier alpha value is -2.40. The zero-order valence-electron chi connectivity index (χ0n) is 11.5. The van der Waals surface area contributed by atoms with Gasteiger partial charge in [-0.05, 0) is 12.1 Å². The molecule has 0 saturated carbocycles. The quantitative estimate of drug-likeness (QED) is 0.879. The van der Waals surface area contributed by atoms with E-state index in [1.54, 1.807) is 30.3 Å². The Labute approximate surface area is 127 Å². The van der Waals surface area contributed by atoms with Crippen molar-refractivity contribution in [3.8, 4) is 11.5 Å². The number of benzene rings is 2. The van der Waals surface area contributed by atoms with Crippen molar-refractivity contribution < 1.29 is 19.4 Å². The number of anilines is 2. The molecule has 0 aliphatic carbocycles. The summed E-state index contributed by atoms with van der Waals surface area (Å²) in [6.45, 7) is 0. The summed E-state index contributed by atoms with van der Waals surface area (Å²) < 4.78 is 10.4. The van der Waals surface area contributed by atoms with Crippen molar-refractivity contribution in [3.05, 3.63) is 47.0 Å². The molecule has 0 amide bonds. The number of hydrogen-bond acceptors (Lipinski definition) is 4. The van der Waals surface area contributed by atoms with E-state index in [0.29, 0.717) is 27.9 Å². The van der Waals surface area contributed by atoms with Crippen LogP contribution in [-0.2, 0) is 0 Å². The molecule has 110 valence electrons. The predicted octanol–water partition coefficient (Wildman–Crippen LogP) is 3.80. The second kappa shape index (κ2) is 6.37. The van der Waals surface area contributed by atoms with E-state index in [0.717, 1.165) is 0 Å². The van der Waals surface area contributed by atoms with Gasteiger partial charge in [0.05, 0.1) is 36.2 Å². The van der Waals surface area contributed by atoms with Gasteiger partial charge in [0.1, 0.15) is 5.75 Å². The molecule has 0 atom stereocenters. The third kappa shape index (κ3) is 3.20. The zero-order valence-corrected chi connectivity index (χ0v) is 12.3. The first kappa shape index (κ1) is 15.0. The first-order valence-electron chi connectivity index (χ1n) is 6.07. The second-order valence-electron chi connectivity index (χ2n) is 4.17. The van der Waals surface area contributed by atoms with Gasteiger partial charge in [0.2, 0.25) is 0 Å². The third-order valence-corrected chi connectivity index (χ3v) is 3.16. The number of rotatable bonds is 5. The Balaban J connectivity index is 2.48. The van der Waals surface area contributed by atoms with Gasteiger partial charge >= 0.3 is 5.97 Å². The van der Waals surface area contributed by atoms with E-state index in [-0.39, 0.29) is 5.56 Å². The Morgan fingerprint density at radius 1 is 1.14 bits per heavy atom. The number of aromatic carboxylic acids is 1. The normalized spacial score (nSPS) is 10.0. The van der Waals surface area contributed by atoms with Gasteiger partial charge in [-0.3, -0.25) is 0 Å². The van der Waals surface area contributed by atoms with Crippen LogP contribution in [0.5, 0.6) is 11.5 Å². The fourth-order valence-corrected chi connectivity index (χ4v) is 2.20. The van der Waals surface area contributed by atoms with Gasteiger partial charge in [0.25, 0.3) is 0 Å².